The standard InChI is InChI=1S/C12H15F3N2O2/c13-12(14,15)6-5-11(18)17-7-8-19-10-3-1-9(16)2-4-10/h1-4H,5-8,16H2,(H,17,18). The van der Waals surface area contributed by atoms with E-state index >= 15 is 0 Å². The van der Waals surface area contributed by atoms with Crippen LogP contribution < -0.4 is 15.8 Å². The van der Waals surface area contributed by atoms with Gasteiger partial charge in [0.25, 0.3) is 0 Å². The molecule has 0 atom stereocenters. The molecule has 1 amide bonds. The van der Waals surface area contributed by atoms with Crippen LogP contribution in [-0.2, 0) is 4.79 Å². The Kier molecular flexibility index (Phi) is 5.47. The Bertz CT molecular complexity index is 404. The van der Waals surface area contributed by atoms with E-state index in [2.05, 4.69) is 5.32 Å². The summed E-state index contributed by atoms with van der Waals surface area (Å²) in [5, 5.41) is 2.35. The van der Waals surface area contributed by atoms with Crippen molar-refractivity contribution in [3.8, 4) is 5.75 Å². The van der Waals surface area contributed by atoms with Gasteiger partial charge in [-0.15, -0.1) is 0 Å². The Hall–Kier alpha value is -1.92. The molecule has 0 unspecified atom stereocenters. The van der Waals surface area contributed by atoms with Crippen molar-refractivity contribution in [2.75, 3.05) is 18.9 Å². The number of hydrogen-bond acceptors (Lipinski definition) is 3. The topological polar surface area (TPSA) is 64.3 Å². The molecule has 0 saturated heterocycles. The molecule has 0 radical (unpaired) electrons. The van der Waals surface area contributed by atoms with Gasteiger partial charge >= 0.3 is 6.18 Å². The fourth-order valence-corrected chi connectivity index (χ4v) is 1.27. The molecule has 19 heavy (non-hydrogen) atoms. The Labute approximate surface area is 108 Å². The number of carbonyl (C=O) groups is 1. The number of anilines is 1. The summed E-state index contributed by atoms with van der Waals surface area (Å²) in [4.78, 5) is 11.1. The fraction of sp³-hybridized carbons (Fsp3) is 0.417. The maximum atomic E-state index is 11.8. The van der Waals surface area contributed by atoms with Crippen molar-refractivity contribution in [1.82, 2.24) is 5.32 Å². The van der Waals surface area contributed by atoms with Crippen LogP contribution in [0.2, 0.25) is 0 Å². The zero-order chi connectivity index (χ0) is 14.3. The Balaban J connectivity index is 2.13. The lowest BCUT2D eigenvalue weighted by Gasteiger charge is -2.09. The minimum absolute atomic E-state index is 0.154. The Morgan fingerprint density at radius 1 is 1.26 bits per heavy atom. The molecule has 0 heterocycles. The molecule has 0 aliphatic carbocycles. The predicted molar refractivity (Wildman–Crippen MR) is 64.6 cm³/mol. The highest BCUT2D eigenvalue weighted by Crippen LogP contribution is 2.20. The number of benzene rings is 1. The van der Waals surface area contributed by atoms with Crippen LogP contribution >= 0.6 is 0 Å². The van der Waals surface area contributed by atoms with Gasteiger partial charge in [0.2, 0.25) is 5.91 Å². The summed E-state index contributed by atoms with van der Waals surface area (Å²) in [6.07, 6.45) is -5.99. The second kappa shape index (κ2) is 6.86. The van der Waals surface area contributed by atoms with E-state index < -0.39 is 24.9 Å². The molecule has 0 aliphatic rings. The molecular weight excluding hydrogens is 261 g/mol. The highest BCUT2D eigenvalue weighted by molar-refractivity contribution is 5.75. The number of ether oxygens (including phenoxy) is 1. The second-order valence-corrected chi connectivity index (χ2v) is 3.88. The number of hydrogen-bond donors (Lipinski definition) is 2. The number of nitrogens with one attached hydrogen (secondary N) is 1. The molecule has 4 nitrogen and oxygen atoms in total. The SMILES string of the molecule is Nc1ccc(OCCNC(=O)CCC(F)(F)F)cc1. The van der Waals surface area contributed by atoms with Gasteiger partial charge in [0.05, 0.1) is 13.0 Å². The molecule has 7 heteroatoms. The van der Waals surface area contributed by atoms with Gasteiger partial charge in [-0.3, -0.25) is 4.79 Å². The first-order chi connectivity index (χ1) is 8.87. The van der Waals surface area contributed by atoms with E-state index in [9.17, 15) is 18.0 Å². The monoisotopic (exact) mass is 276 g/mol. The molecule has 1 rings (SSSR count). The Morgan fingerprint density at radius 2 is 1.89 bits per heavy atom. The van der Waals surface area contributed by atoms with Crippen molar-refractivity contribution in [2.24, 2.45) is 0 Å². The number of carbonyl (C=O) groups excluding carboxylic acids is 1. The van der Waals surface area contributed by atoms with Crippen molar-refractivity contribution in [1.29, 1.82) is 0 Å². The Morgan fingerprint density at radius 3 is 2.47 bits per heavy atom. The lowest BCUT2D eigenvalue weighted by atomic mass is 10.3. The third-order valence-electron chi connectivity index (χ3n) is 2.21. The van der Waals surface area contributed by atoms with Gasteiger partial charge in [0.15, 0.2) is 0 Å². The van der Waals surface area contributed by atoms with E-state index in [1.807, 2.05) is 0 Å². The van der Waals surface area contributed by atoms with Crippen LogP contribution in [0, 0.1) is 0 Å². The van der Waals surface area contributed by atoms with Crippen molar-refractivity contribution >= 4 is 11.6 Å². The zero-order valence-corrected chi connectivity index (χ0v) is 10.2. The molecular formula is C12H15F3N2O2. The molecule has 0 saturated carbocycles. The lowest BCUT2D eigenvalue weighted by Crippen LogP contribution is -2.29. The van der Waals surface area contributed by atoms with Gasteiger partial charge < -0.3 is 15.8 Å². The average Bonchev–Trinajstić information content (AvgIpc) is 2.33. The number of alkyl halides is 3. The minimum Gasteiger partial charge on any atom is -0.492 e. The van der Waals surface area contributed by atoms with Gasteiger partial charge in [0.1, 0.15) is 12.4 Å². The van der Waals surface area contributed by atoms with E-state index in [1.165, 1.54) is 0 Å². The lowest BCUT2D eigenvalue weighted by molar-refractivity contribution is -0.144. The molecule has 0 spiro atoms. The van der Waals surface area contributed by atoms with Crippen LogP contribution in [0.3, 0.4) is 0 Å². The van der Waals surface area contributed by atoms with Gasteiger partial charge in [-0.05, 0) is 24.3 Å². The number of rotatable bonds is 6. The van der Waals surface area contributed by atoms with Crippen molar-refractivity contribution in [2.45, 2.75) is 19.0 Å². The molecule has 1 aromatic carbocycles. The van der Waals surface area contributed by atoms with Gasteiger partial charge in [-0.2, -0.15) is 13.2 Å². The maximum Gasteiger partial charge on any atom is 0.389 e. The third kappa shape index (κ3) is 7.17. The van der Waals surface area contributed by atoms with E-state index in [4.69, 9.17) is 10.5 Å². The maximum absolute atomic E-state index is 11.8. The molecule has 3 N–H and O–H groups in total. The van der Waals surface area contributed by atoms with Gasteiger partial charge in [-0.1, -0.05) is 0 Å². The number of halogens is 3. The average molecular weight is 276 g/mol. The van der Waals surface area contributed by atoms with E-state index in [1.54, 1.807) is 24.3 Å². The van der Waals surface area contributed by atoms with Crippen LogP contribution in [0.1, 0.15) is 12.8 Å². The quantitative estimate of drug-likeness (QED) is 0.618. The number of nitrogens with two attached hydrogens (primary N) is 1. The first-order valence-electron chi connectivity index (χ1n) is 5.68. The fourth-order valence-electron chi connectivity index (χ4n) is 1.27. The number of nitrogen functional groups attached to an aromatic ring is 1. The molecule has 0 aliphatic heterocycles. The summed E-state index contributed by atoms with van der Waals surface area (Å²) >= 11 is 0. The summed E-state index contributed by atoms with van der Waals surface area (Å²) in [6.45, 7) is 0.336. The normalized spacial score (nSPS) is 11.1. The molecule has 106 valence electrons. The third-order valence-corrected chi connectivity index (χ3v) is 2.21. The largest absolute Gasteiger partial charge is 0.492 e. The second-order valence-electron chi connectivity index (χ2n) is 3.88. The summed E-state index contributed by atoms with van der Waals surface area (Å²) in [5.74, 6) is -0.0584. The van der Waals surface area contributed by atoms with E-state index in [-0.39, 0.29) is 13.2 Å². The van der Waals surface area contributed by atoms with Crippen LogP contribution in [0.25, 0.3) is 0 Å². The van der Waals surface area contributed by atoms with Crippen LogP contribution in [-0.4, -0.2) is 25.2 Å². The molecule has 0 bridgehead atoms. The van der Waals surface area contributed by atoms with E-state index in [0.717, 1.165) is 0 Å². The van der Waals surface area contributed by atoms with Gasteiger partial charge in [-0.25, -0.2) is 0 Å². The predicted octanol–water partition coefficient (Wildman–Crippen LogP) is 2.11. The minimum atomic E-state index is -4.31. The van der Waals surface area contributed by atoms with Crippen LogP contribution in [0.15, 0.2) is 24.3 Å². The number of amides is 1. The van der Waals surface area contributed by atoms with Crippen molar-refractivity contribution in [3.05, 3.63) is 24.3 Å². The highest BCUT2D eigenvalue weighted by atomic mass is 19.4. The van der Waals surface area contributed by atoms with Gasteiger partial charge in [0, 0.05) is 12.1 Å². The summed E-state index contributed by atoms with van der Waals surface area (Å²) < 4.78 is 40.8. The zero-order valence-electron chi connectivity index (χ0n) is 10.2. The molecule has 0 fully saturated rings. The first kappa shape index (κ1) is 15.1. The van der Waals surface area contributed by atoms with E-state index in [0.29, 0.717) is 11.4 Å². The smallest absolute Gasteiger partial charge is 0.389 e. The highest BCUT2D eigenvalue weighted by Gasteiger charge is 2.27. The van der Waals surface area contributed by atoms with Crippen LogP contribution in [0.5, 0.6) is 5.75 Å². The summed E-state index contributed by atoms with van der Waals surface area (Å²) in [5.41, 5.74) is 6.09. The van der Waals surface area contributed by atoms with Crippen molar-refractivity contribution in [3.63, 3.8) is 0 Å². The van der Waals surface area contributed by atoms with Crippen molar-refractivity contribution < 1.29 is 22.7 Å². The molecule has 1 aromatic rings. The first-order valence-corrected chi connectivity index (χ1v) is 5.68. The summed E-state index contributed by atoms with van der Waals surface area (Å²) in [7, 11) is 0. The summed E-state index contributed by atoms with van der Waals surface area (Å²) in [6, 6.07) is 6.66. The molecule has 0 aromatic heterocycles. The van der Waals surface area contributed by atoms with Crippen LogP contribution in [0.4, 0.5) is 18.9 Å².